The van der Waals surface area contributed by atoms with Crippen molar-refractivity contribution in [2.24, 2.45) is 0 Å². The summed E-state index contributed by atoms with van der Waals surface area (Å²) in [5.74, 6) is 0.827. The zero-order chi connectivity index (χ0) is 12.8. The lowest BCUT2D eigenvalue weighted by Gasteiger charge is -2.15. The first-order chi connectivity index (χ1) is 8.79. The minimum absolute atomic E-state index is 0.756. The highest BCUT2D eigenvalue weighted by Gasteiger charge is 2.10. The number of nitrogens with two attached hydrogens (primary N) is 1. The second-order valence-corrected chi connectivity index (χ2v) is 4.98. The smallest absolute Gasteiger partial charge is 0.142 e. The second-order valence-electron chi connectivity index (χ2n) is 4.98. The molecule has 0 saturated carbocycles. The first-order valence-electron chi connectivity index (χ1n) is 7.03. The Morgan fingerprint density at radius 1 is 1.28 bits per heavy atom. The minimum Gasteiger partial charge on any atom is -0.491 e. The van der Waals surface area contributed by atoms with Gasteiger partial charge in [0.1, 0.15) is 5.75 Å². The summed E-state index contributed by atoms with van der Waals surface area (Å²) in [5, 5.41) is 0. The van der Waals surface area contributed by atoms with E-state index in [1.54, 1.807) is 0 Å². The van der Waals surface area contributed by atoms with Crippen molar-refractivity contribution < 1.29 is 4.74 Å². The maximum Gasteiger partial charge on any atom is 0.142 e. The average Bonchev–Trinajstić information content (AvgIpc) is 2.89. The summed E-state index contributed by atoms with van der Waals surface area (Å²) < 4.78 is 5.74. The van der Waals surface area contributed by atoms with Crippen LogP contribution in [-0.2, 0) is 6.42 Å². The molecule has 1 fully saturated rings. The Labute approximate surface area is 110 Å². The molecule has 1 aromatic carbocycles. The molecule has 1 aliphatic rings. The van der Waals surface area contributed by atoms with Gasteiger partial charge in [-0.05, 0) is 56.5 Å². The van der Waals surface area contributed by atoms with Crippen molar-refractivity contribution >= 4 is 5.69 Å². The molecule has 0 spiro atoms. The van der Waals surface area contributed by atoms with Crippen LogP contribution in [-0.4, -0.2) is 31.1 Å². The summed E-state index contributed by atoms with van der Waals surface area (Å²) in [5.41, 5.74) is 7.99. The van der Waals surface area contributed by atoms with E-state index in [1.807, 2.05) is 12.1 Å². The monoisotopic (exact) mass is 248 g/mol. The largest absolute Gasteiger partial charge is 0.491 e. The zero-order valence-electron chi connectivity index (χ0n) is 11.3. The van der Waals surface area contributed by atoms with E-state index in [0.29, 0.717) is 0 Å². The van der Waals surface area contributed by atoms with Crippen LogP contribution in [0.1, 0.15) is 31.7 Å². The Kier molecular flexibility index (Phi) is 4.88. The summed E-state index contributed by atoms with van der Waals surface area (Å²) in [4.78, 5) is 2.51. The molecule has 0 atom stereocenters. The van der Waals surface area contributed by atoms with Gasteiger partial charge in [-0.15, -0.1) is 0 Å². The molecule has 2 rings (SSSR count). The highest BCUT2D eigenvalue weighted by atomic mass is 16.5. The van der Waals surface area contributed by atoms with Gasteiger partial charge in [-0.25, -0.2) is 0 Å². The van der Waals surface area contributed by atoms with Crippen molar-refractivity contribution in [1.82, 2.24) is 4.90 Å². The zero-order valence-corrected chi connectivity index (χ0v) is 11.3. The van der Waals surface area contributed by atoms with Crippen molar-refractivity contribution in [2.75, 3.05) is 32.0 Å². The third-order valence-electron chi connectivity index (χ3n) is 3.56. The summed E-state index contributed by atoms with van der Waals surface area (Å²) in [6.45, 7) is 6.55. The van der Waals surface area contributed by atoms with Crippen molar-refractivity contribution in [3.63, 3.8) is 0 Å². The number of anilines is 1. The molecule has 1 aromatic rings. The quantitative estimate of drug-likeness (QED) is 0.621. The van der Waals surface area contributed by atoms with E-state index in [1.165, 1.54) is 31.5 Å². The molecule has 3 nitrogen and oxygen atoms in total. The van der Waals surface area contributed by atoms with E-state index < -0.39 is 0 Å². The lowest BCUT2D eigenvalue weighted by Crippen LogP contribution is -2.22. The van der Waals surface area contributed by atoms with Crippen LogP contribution in [0.2, 0.25) is 0 Å². The fourth-order valence-corrected chi connectivity index (χ4v) is 2.43. The van der Waals surface area contributed by atoms with Gasteiger partial charge in [0.25, 0.3) is 0 Å². The van der Waals surface area contributed by atoms with Crippen molar-refractivity contribution in [2.45, 2.75) is 32.6 Å². The SMILES string of the molecule is CCc1ccc(OCCCN2CCCC2)c(N)c1. The predicted octanol–water partition coefficient (Wildman–Crippen LogP) is 2.70. The van der Waals surface area contributed by atoms with Crippen molar-refractivity contribution in [3.05, 3.63) is 23.8 Å². The van der Waals surface area contributed by atoms with Crippen molar-refractivity contribution in [3.8, 4) is 5.75 Å². The van der Waals surface area contributed by atoms with Gasteiger partial charge in [0, 0.05) is 6.54 Å². The van der Waals surface area contributed by atoms with Crippen LogP contribution in [0.5, 0.6) is 5.75 Å². The maximum absolute atomic E-state index is 5.97. The van der Waals surface area contributed by atoms with Crippen LogP contribution in [0, 0.1) is 0 Å². The van der Waals surface area contributed by atoms with E-state index in [-0.39, 0.29) is 0 Å². The molecular formula is C15H24N2O. The van der Waals surface area contributed by atoms with Gasteiger partial charge in [-0.1, -0.05) is 13.0 Å². The van der Waals surface area contributed by atoms with Crippen LogP contribution in [0.4, 0.5) is 5.69 Å². The normalized spacial score (nSPS) is 16.1. The van der Waals surface area contributed by atoms with Crippen LogP contribution in [0.25, 0.3) is 0 Å². The Balaban J connectivity index is 1.72. The van der Waals surface area contributed by atoms with E-state index in [0.717, 1.165) is 37.4 Å². The third kappa shape index (κ3) is 3.64. The number of hydrogen-bond acceptors (Lipinski definition) is 3. The van der Waals surface area contributed by atoms with E-state index in [4.69, 9.17) is 10.5 Å². The van der Waals surface area contributed by atoms with Gasteiger partial charge in [0.15, 0.2) is 0 Å². The van der Waals surface area contributed by atoms with Crippen LogP contribution < -0.4 is 10.5 Å². The lowest BCUT2D eigenvalue weighted by atomic mass is 10.1. The van der Waals surface area contributed by atoms with E-state index >= 15 is 0 Å². The highest BCUT2D eigenvalue weighted by molar-refractivity contribution is 5.54. The number of aryl methyl sites for hydroxylation is 1. The number of benzene rings is 1. The molecule has 0 aliphatic carbocycles. The molecule has 0 aromatic heterocycles. The predicted molar refractivity (Wildman–Crippen MR) is 76.0 cm³/mol. The Bertz CT molecular complexity index is 373. The van der Waals surface area contributed by atoms with Crippen molar-refractivity contribution in [1.29, 1.82) is 0 Å². The molecule has 100 valence electrons. The topological polar surface area (TPSA) is 38.5 Å². The molecule has 1 saturated heterocycles. The summed E-state index contributed by atoms with van der Waals surface area (Å²) >= 11 is 0. The Hall–Kier alpha value is -1.22. The third-order valence-corrected chi connectivity index (χ3v) is 3.56. The van der Waals surface area contributed by atoms with E-state index in [9.17, 15) is 0 Å². The average molecular weight is 248 g/mol. The summed E-state index contributed by atoms with van der Waals surface area (Å²) in [6.07, 6.45) is 4.80. The molecule has 1 heterocycles. The molecule has 0 unspecified atom stereocenters. The summed E-state index contributed by atoms with van der Waals surface area (Å²) in [7, 11) is 0. The lowest BCUT2D eigenvalue weighted by molar-refractivity contribution is 0.264. The first kappa shape index (κ1) is 13.2. The molecule has 18 heavy (non-hydrogen) atoms. The van der Waals surface area contributed by atoms with Gasteiger partial charge in [-0.2, -0.15) is 0 Å². The second kappa shape index (κ2) is 6.64. The number of rotatable bonds is 6. The molecule has 0 bridgehead atoms. The van der Waals surface area contributed by atoms with Crippen LogP contribution in [0.15, 0.2) is 18.2 Å². The molecule has 2 N–H and O–H groups in total. The fraction of sp³-hybridized carbons (Fsp3) is 0.600. The molecular weight excluding hydrogens is 224 g/mol. The highest BCUT2D eigenvalue weighted by Crippen LogP contribution is 2.22. The number of nitrogen functional groups attached to an aromatic ring is 1. The Morgan fingerprint density at radius 3 is 2.72 bits per heavy atom. The summed E-state index contributed by atoms with van der Waals surface area (Å²) in [6, 6.07) is 6.09. The number of nitrogens with zero attached hydrogens (tertiary/aromatic N) is 1. The van der Waals surface area contributed by atoms with Crippen LogP contribution in [0.3, 0.4) is 0 Å². The van der Waals surface area contributed by atoms with Gasteiger partial charge in [0.2, 0.25) is 0 Å². The molecule has 3 heteroatoms. The molecule has 1 aliphatic heterocycles. The van der Waals surface area contributed by atoms with Gasteiger partial charge in [0.05, 0.1) is 12.3 Å². The Morgan fingerprint density at radius 2 is 2.06 bits per heavy atom. The van der Waals surface area contributed by atoms with Gasteiger partial charge >= 0.3 is 0 Å². The minimum atomic E-state index is 0.756. The maximum atomic E-state index is 5.97. The molecule has 0 amide bonds. The van der Waals surface area contributed by atoms with Gasteiger partial charge in [-0.3, -0.25) is 0 Å². The number of hydrogen-bond donors (Lipinski definition) is 1. The van der Waals surface area contributed by atoms with Crippen LogP contribution >= 0.6 is 0 Å². The standard InChI is InChI=1S/C15H24N2O/c1-2-13-6-7-15(14(16)12-13)18-11-5-10-17-8-3-4-9-17/h6-7,12H,2-5,8-11,16H2,1H3. The van der Waals surface area contributed by atoms with E-state index in [2.05, 4.69) is 17.9 Å². The first-order valence-corrected chi connectivity index (χ1v) is 7.03. The fourth-order valence-electron chi connectivity index (χ4n) is 2.43. The number of ether oxygens (including phenoxy) is 1. The number of likely N-dealkylation sites (tertiary alicyclic amines) is 1. The molecule has 0 radical (unpaired) electrons. The van der Waals surface area contributed by atoms with Gasteiger partial charge < -0.3 is 15.4 Å².